The summed E-state index contributed by atoms with van der Waals surface area (Å²) >= 11 is 0. The van der Waals surface area contributed by atoms with E-state index in [2.05, 4.69) is 5.32 Å². The summed E-state index contributed by atoms with van der Waals surface area (Å²) < 4.78 is 125. The summed E-state index contributed by atoms with van der Waals surface area (Å²) in [5.74, 6) is -2.27. The number of nitrogens with one attached hydrogen (secondary N) is 2. The van der Waals surface area contributed by atoms with Crippen LogP contribution >= 0.6 is 0 Å². The summed E-state index contributed by atoms with van der Waals surface area (Å²) in [7, 11) is 0. The molecule has 0 bridgehead atoms. The molecule has 6 nitrogen and oxygen atoms in total. The molecule has 0 heterocycles. The molecule has 0 aromatic heterocycles. The minimum atomic E-state index is -5.27. The SMILES string of the molecule is Nc1cccc(C(=O)Nc2ccc(-c3ccc(NC(=O)c4ccc(N)cc4C(F)(F)F)cc3C(F)(F)F)c(C(F)(F)F)c2)c1. The summed E-state index contributed by atoms with van der Waals surface area (Å²) in [6, 6.07) is 11.6. The van der Waals surface area contributed by atoms with Crippen LogP contribution < -0.4 is 22.1 Å². The number of nitrogens with two attached hydrogens (primary N) is 2. The molecule has 0 unspecified atom stereocenters. The zero-order valence-corrected chi connectivity index (χ0v) is 21.9. The molecule has 0 aliphatic carbocycles. The zero-order chi connectivity index (χ0) is 32.6. The maximum Gasteiger partial charge on any atom is 0.417 e. The van der Waals surface area contributed by atoms with Crippen molar-refractivity contribution in [3.63, 3.8) is 0 Å². The Morgan fingerprint density at radius 1 is 0.523 bits per heavy atom. The predicted octanol–water partition coefficient (Wildman–Crippen LogP) is 8.08. The monoisotopic (exact) mass is 626 g/mol. The van der Waals surface area contributed by atoms with Gasteiger partial charge in [0, 0.05) is 28.3 Å². The Morgan fingerprint density at radius 3 is 1.48 bits per heavy atom. The summed E-state index contributed by atoms with van der Waals surface area (Å²) in [5.41, 5.74) is 2.45. The third kappa shape index (κ3) is 7.04. The molecule has 15 heteroatoms. The molecule has 4 rings (SSSR count). The van der Waals surface area contributed by atoms with E-state index in [0.717, 1.165) is 30.3 Å². The number of carbonyl (C=O) groups is 2. The van der Waals surface area contributed by atoms with Crippen LogP contribution in [0.25, 0.3) is 11.1 Å². The quantitative estimate of drug-likeness (QED) is 0.133. The second-order valence-electron chi connectivity index (χ2n) is 9.35. The molecular formula is C29H19F9N4O2. The van der Waals surface area contributed by atoms with Crippen LogP contribution in [-0.4, -0.2) is 11.8 Å². The number of carbonyl (C=O) groups excluding carboxylic acids is 2. The highest BCUT2D eigenvalue weighted by Gasteiger charge is 2.39. The van der Waals surface area contributed by atoms with Crippen molar-refractivity contribution in [2.24, 2.45) is 0 Å². The smallest absolute Gasteiger partial charge is 0.399 e. The largest absolute Gasteiger partial charge is 0.417 e. The van der Waals surface area contributed by atoms with Crippen LogP contribution in [0.15, 0.2) is 78.9 Å². The van der Waals surface area contributed by atoms with Gasteiger partial charge in [-0.15, -0.1) is 0 Å². The lowest BCUT2D eigenvalue weighted by molar-refractivity contribution is -0.139. The highest BCUT2D eigenvalue weighted by Crippen LogP contribution is 2.44. The van der Waals surface area contributed by atoms with Crippen LogP contribution in [0.2, 0.25) is 0 Å². The molecule has 230 valence electrons. The second-order valence-corrected chi connectivity index (χ2v) is 9.35. The molecule has 4 aromatic rings. The number of hydrogen-bond acceptors (Lipinski definition) is 4. The van der Waals surface area contributed by atoms with Gasteiger partial charge in [0.15, 0.2) is 0 Å². The number of alkyl halides is 9. The number of halogens is 9. The van der Waals surface area contributed by atoms with Crippen molar-refractivity contribution >= 4 is 34.6 Å². The Bertz CT molecular complexity index is 1750. The molecule has 0 aliphatic heterocycles. The predicted molar refractivity (Wildman–Crippen MR) is 144 cm³/mol. The summed E-state index contributed by atoms with van der Waals surface area (Å²) in [6.07, 6.45) is -15.5. The van der Waals surface area contributed by atoms with Gasteiger partial charge in [-0.2, -0.15) is 39.5 Å². The number of hydrogen-bond donors (Lipinski definition) is 4. The van der Waals surface area contributed by atoms with Crippen LogP contribution in [0.5, 0.6) is 0 Å². The average Bonchev–Trinajstić information content (AvgIpc) is 2.91. The molecule has 0 radical (unpaired) electrons. The van der Waals surface area contributed by atoms with Crippen molar-refractivity contribution in [3.8, 4) is 11.1 Å². The second kappa shape index (κ2) is 11.5. The molecule has 0 saturated heterocycles. The summed E-state index contributed by atoms with van der Waals surface area (Å²) in [4.78, 5) is 25.1. The van der Waals surface area contributed by atoms with Crippen LogP contribution in [0.3, 0.4) is 0 Å². The van der Waals surface area contributed by atoms with Crippen molar-refractivity contribution < 1.29 is 49.1 Å². The number of rotatable bonds is 5. The topological polar surface area (TPSA) is 110 Å². The van der Waals surface area contributed by atoms with E-state index in [1.165, 1.54) is 24.3 Å². The Balaban J connectivity index is 1.74. The minimum absolute atomic E-state index is 0.0148. The Morgan fingerprint density at radius 2 is 1.00 bits per heavy atom. The fourth-order valence-corrected chi connectivity index (χ4v) is 4.26. The fraction of sp³-hybridized carbons (Fsp3) is 0.103. The van der Waals surface area contributed by atoms with Gasteiger partial charge in [0.2, 0.25) is 0 Å². The van der Waals surface area contributed by atoms with E-state index in [0.29, 0.717) is 24.3 Å². The first-order chi connectivity index (χ1) is 20.3. The lowest BCUT2D eigenvalue weighted by Crippen LogP contribution is -2.19. The minimum Gasteiger partial charge on any atom is -0.399 e. The van der Waals surface area contributed by atoms with Crippen LogP contribution in [0.1, 0.15) is 37.4 Å². The van der Waals surface area contributed by atoms with E-state index in [1.807, 2.05) is 5.32 Å². The maximum absolute atomic E-state index is 14.1. The van der Waals surface area contributed by atoms with E-state index in [-0.39, 0.29) is 22.6 Å². The molecule has 0 atom stereocenters. The third-order valence-corrected chi connectivity index (χ3v) is 6.20. The lowest BCUT2D eigenvalue weighted by atomic mass is 9.93. The first-order valence-electron chi connectivity index (χ1n) is 12.2. The highest BCUT2D eigenvalue weighted by molar-refractivity contribution is 6.06. The molecule has 0 saturated carbocycles. The van der Waals surface area contributed by atoms with Gasteiger partial charge in [0.05, 0.1) is 22.3 Å². The Hall–Kier alpha value is -5.21. The van der Waals surface area contributed by atoms with Crippen molar-refractivity contribution in [1.29, 1.82) is 0 Å². The Kier molecular flexibility index (Phi) is 8.27. The molecule has 44 heavy (non-hydrogen) atoms. The van der Waals surface area contributed by atoms with Gasteiger partial charge in [0.25, 0.3) is 11.8 Å². The van der Waals surface area contributed by atoms with Crippen molar-refractivity contribution in [2.45, 2.75) is 18.5 Å². The molecule has 0 fully saturated rings. The van der Waals surface area contributed by atoms with Crippen molar-refractivity contribution in [1.82, 2.24) is 0 Å². The molecular weight excluding hydrogens is 607 g/mol. The average molecular weight is 626 g/mol. The van der Waals surface area contributed by atoms with E-state index in [1.54, 1.807) is 0 Å². The van der Waals surface area contributed by atoms with E-state index < -0.39 is 69.4 Å². The maximum atomic E-state index is 14.1. The van der Waals surface area contributed by atoms with Gasteiger partial charge in [-0.25, -0.2) is 0 Å². The van der Waals surface area contributed by atoms with Crippen molar-refractivity contribution in [2.75, 3.05) is 22.1 Å². The number of nitrogen functional groups attached to an aromatic ring is 2. The first kappa shape index (κ1) is 31.7. The van der Waals surface area contributed by atoms with Crippen molar-refractivity contribution in [3.05, 3.63) is 107 Å². The molecule has 0 spiro atoms. The first-order valence-corrected chi connectivity index (χ1v) is 12.2. The van der Waals surface area contributed by atoms with Gasteiger partial charge in [-0.1, -0.05) is 18.2 Å². The van der Waals surface area contributed by atoms with Crippen LogP contribution in [0, 0.1) is 0 Å². The molecule has 6 N–H and O–H groups in total. The number of amides is 2. The van der Waals surface area contributed by atoms with Gasteiger partial charge in [0.1, 0.15) is 0 Å². The number of anilines is 4. The fourth-order valence-electron chi connectivity index (χ4n) is 4.26. The van der Waals surface area contributed by atoms with Crippen LogP contribution in [0.4, 0.5) is 62.3 Å². The van der Waals surface area contributed by atoms with Gasteiger partial charge in [-0.05, 0) is 71.8 Å². The Labute approximate surface area is 242 Å². The van der Waals surface area contributed by atoms with Gasteiger partial charge < -0.3 is 22.1 Å². The van der Waals surface area contributed by atoms with Gasteiger partial charge in [-0.3, -0.25) is 9.59 Å². The summed E-state index contributed by atoms with van der Waals surface area (Å²) in [5, 5.41) is 4.15. The van der Waals surface area contributed by atoms with Gasteiger partial charge >= 0.3 is 18.5 Å². The molecule has 0 aliphatic rings. The van der Waals surface area contributed by atoms with E-state index >= 15 is 0 Å². The zero-order valence-electron chi connectivity index (χ0n) is 21.9. The highest BCUT2D eigenvalue weighted by atomic mass is 19.4. The molecule has 2 amide bonds. The number of benzene rings is 4. The van der Waals surface area contributed by atoms with E-state index in [9.17, 15) is 49.1 Å². The standard InChI is InChI=1S/C29H19F9N4O2/c30-27(31,32)22-11-16(40)4-7-21(22)26(44)42-18-6-9-20(24(13-18)29(36,37)38)19-8-5-17(12-23(19)28(33,34)35)41-25(43)14-2-1-3-15(39)10-14/h1-13H,39-40H2,(H,41,43)(H,42,44). The lowest BCUT2D eigenvalue weighted by Gasteiger charge is -2.20. The van der Waals surface area contributed by atoms with Crippen LogP contribution in [-0.2, 0) is 18.5 Å². The third-order valence-electron chi connectivity index (χ3n) is 6.20. The summed E-state index contributed by atoms with van der Waals surface area (Å²) in [6.45, 7) is 0. The normalized spacial score (nSPS) is 12.1. The molecule has 4 aromatic carbocycles. The van der Waals surface area contributed by atoms with E-state index in [4.69, 9.17) is 11.5 Å².